The number of methoxy groups -OCH3 is 1. The minimum absolute atomic E-state index is 0.0608. The Bertz CT molecular complexity index is 757. The molecule has 0 spiro atoms. The number of benzene rings is 1. The Balaban J connectivity index is 1.71. The third kappa shape index (κ3) is 2.65. The maximum Gasteiger partial charge on any atom is 0.257 e. The first kappa shape index (κ1) is 17.0. The van der Waals surface area contributed by atoms with Crippen LogP contribution in [0.4, 0.5) is 0 Å². The van der Waals surface area contributed by atoms with Gasteiger partial charge < -0.3 is 29.2 Å². The van der Waals surface area contributed by atoms with E-state index in [0.717, 1.165) is 24.0 Å². The van der Waals surface area contributed by atoms with E-state index in [2.05, 4.69) is 5.32 Å². The monoisotopic (exact) mass is 362 g/mol. The van der Waals surface area contributed by atoms with E-state index in [1.807, 2.05) is 0 Å². The van der Waals surface area contributed by atoms with Gasteiger partial charge >= 0.3 is 0 Å². The molecule has 1 N–H and O–H groups in total. The lowest BCUT2D eigenvalue weighted by molar-refractivity contribution is -0.130. The quantitative estimate of drug-likeness (QED) is 0.855. The van der Waals surface area contributed by atoms with Crippen LogP contribution in [-0.4, -0.2) is 56.9 Å². The Morgan fingerprint density at radius 2 is 2.15 bits per heavy atom. The zero-order valence-electron chi connectivity index (χ0n) is 14.9. The molecule has 2 amide bonds. The number of carbonyl (C=O) groups is 2. The molecule has 26 heavy (non-hydrogen) atoms. The Morgan fingerprint density at radius 1 is 1.35 bits per heavy atom. The zero-order chi connectivity index (χ0) is 18.3. The number of amides is 2. The first-order valence-corrected chi connectivity index (χ1v) is 8.78. The SMILES string of the molecule is COc1c2c(c(CNC(=O)[C@@H]3CCCO3)c3c1C(=O)N(C)CC3)OCO2. The number of ether oxygens (including phenoxy) is 4. The molecule has 1 aromatic carbocycles. The molecule has 1 saturated heterocycles. The summed E-state index contributed by atoms with van der Waals surface area (Å²) in [6.07, 6.45) is 1.88. The van der Waals surface area contributed by atoms with E-state index in [9.17, 15) is 9.59 Å². The Morgan fingerprint density at radius 3 is 2.88 bits per heavy atom. The molecule has 0 aromatic heterocycles. The van der Waals surface area contributed by atoms with Crippen LogP contribution in [0.2, 0.25) is 0 Å². The molecule has 0 unspecified atom stereocenters. The number of nitrogens with zero attached hydrogens (tertiary/aromatic N) is 1. The van der Waals surface area contributed by atoms with E-state index in [1.165, 1.54) is 7.11 Å². The molecule has 1 atom stereocenters. The Hall–Kier alpha value is -2.48. The van der Waals surface area contributed by atoms with Crippen molar-refractivity contribution >= 4 is 11.8 Å². The van der Waals surface area contributed by atoms with Crippen LogP contribution in [0.15, 0.2) is 0 Å². The van der Waals surface area contributed by atoms with Gasteiger partial charge in [-0.3, -0.25) is 9.59 Å². The molecule has 1 fully saturated rings. The summed E-state index contributed by atoms with van der Waals surface area (Å²) >= 11 is 0. The maximum atomic E-state index is 12.7. The van der Waals surface area contributed by atoms with Gasteiger partial charge in [0.2, 0.25) is 18.4 Å². The Kier molecular flexibility index (Phi) is 4.36. The van der Waals surface area contributed by atoms with Gasteiger partial charge in [0.1, 0.15) is 6.10 Å². The summed E-state index contributed by atoms with van der Waals surface area (Å²) in [5.74, 6) is 1.12. The zero-order valence-corrected chi connectivity index (χ0v) is 14.9. The van der Waals surface area contributed by atoms with Gasteiger partial charge in [0.25, 0.3) is 5.91 Å². The fourth-order valence-corrected chi connectivity index (χ4v) is 3.74. The van der Waals surface area contributed by atoms with Gasteiger partial charge in [0.05, 0.1) is 12.7 Å². The second kappa shape index (κ2) is 6.68. The van der Waals surface area contributed by atoms with Crippen LogP contribution in [0.3, 0.4) is 0 Å². The molecule has 140 valence electrons. The van der Waals surface area contributed by atoms with Crippen molar-refractivity contribution in [1.29, 1.82) is 0 Å². The molecule has 0 aliphatic carbocycles. The lowest BCUT2D eigenvalue weighted by Crippen LogP contribution is -2.37. The molecule has 8 heteroatoms. The molecule has 1 aromatic rings. The van der Waals surface area contributed by atoms with E-state index in [0.29, 0.717) is 42.4 Å². The number of likely N-dealkylation sites (N-methyl/N-ethyl adjacent to an activating group) is 1. The van der Waals surface area contributed by atoms with E-state index in [1.54, 1.807) is 11.9 Å². The van der Waals surface area contributed by atoms with Crippen molar-refractivity contribution in [3.8, 4) is 17.2 Å². The summed E-state index contributed by atoms with van der Waals surface area (Å²) < 4.78 is 22.1. The van der Waals surface area contributed by atoms with Crippen LogP contribution < -0.4 is 19.5 Å². The average molecular weight is 362 g/mol. The molecule has 0 bridgehead atoms. The Labute approximate surface area is 151 Å². The topological polar surface area (TPSA) is 86.3 Å². The van der Waals surface area contributed by atoms with Crippen molar-refractivity contribution in [1.82, 2.24) is 10.2 Å². The largest absolute Gasteiger partial charge is 0.492 e. The first-order chi connectivity index (χ1) is 12.6. The predicted molar refractivity (Wildman–Crippen MR) is 90.6 cm³/mol. The van der Waals surface area contributed by atoms with Gasteiger partial charge in [-0.25, -0.2) is 0 Å². The molecule has 4 rings (SSSR count). The smallest absolute Gasteiger partial charge is 0.257 e. The van der Waals surface area contributed by atoms with Crippen LogP contribution in [0.5, 0.6) is 17.2 Å². The van der Waals surface area contributed by atoms with Crippen molar-refractivity contribution in [3.63, 3.8) is 0 Å². The first-order valence-electron chi connectivity index (χ1n) is 8.78. The van der Waals surface area contributed by atoms with Crippen LogP contribution in [0.25, 0.3) is 0 Å². The molecule has 3 heterocycles. The van der Waals surface area contributed by atoms with E-state index in [4.69, 9.17) is 18.9 Å². The summed E-state index contributed by atoms with van der Waals surface area (Å²) in [7, 11) is 3.27. The number of rotatable bonds is 4. The van der Waals surface area contributed by atoms with E-state index < -0.39 is 6.10 Å². The maximum absolute atomic E-state index is 12.7. The highest BCUT2D eigenvalue weighted by Crippen LogP contribution is 2.49. The number of nitrogens with one attached hydrogen (secondary N) is 1. The second-order valence-electron chi connectivity index (χ2n) is 6.63. The van der Waals surface area contributed by atoms with Crippen LogP contribution >= 0.6 is 0 Å². The van der Waals surface area contributed by atoms with Crippen molar-refractivity contribution in [2.75, 3.05) is 34.1 Å². The molecule has 0 saturated carbocycles. The average Bonchev–Trinajstić information content (AvgIpc) is 3.33. The molecular weight excluding hydrogens is 340 g/mol. The third-order valence-corrected chi connectivity index (χ3v) is 5.11. The number of hydrogen-bond acceptors (Lipinski definition) is 6. The van der Waals surface area contributed by atoms with Gasteiger partial charge in [-0.05, 0) is 24.8 Å². The molecule has 3 aliphatic heterocycles. The number of carbonyl (C=O) groups excluding carboxylic acids is 2. The van der Waals surface area contributed by atoms with E-state index in [-0.39, 0.29) is 25.2 Å². The molecule has 0 radical (unpaired) electrons. The minimum Gasteiger partial charge on any atom is -0.492 e. The predicted octanol–water partition coefficient (Wildman–Crippen LogP) is 0.847. The van der Waals surface area contributed by atoms with Crippen molar-refractivity contribution in [2.24, 2.45) is 0 Å². The van der Waals surface area contributed by atoms with Crippen LogP contribution in [0.1, 0.15) is 34.3 Å². The lowest BCUT2D eigenvalue weighted by Gasteiger charge is -2.29. The fraction of sp³-hybridized carbons (Fsp3) is 0.556. The lowest BCUT2D eigenvalue weighted by atomic mass is 9.91. The summed E-state index contributed by atoms with van der Waals surface area (Å²) in [4.78, 5) is 26.7. The van der Waals surface area contributed by atoms with Crippen molar-refractivity contribution in [2.45, 2.75) is 31.9 Å². The van der Waals surface area contributed by atoms with E-state index >= 15 is 0 Å². The normalized spacial score (nSPS) is 20.9. The highest BCUT2D eigenvalue weighted by Gasteiger charge is 2.36. The number of hydrogen-bond donors (Lipinski definition) is 1. The van der Waals surface area contributed by atoms with Gasteiger partial charge in [-0.2, -0.15) is 0 Å². The highest BCUT2D eigenvalue weighted by molar-refractivity contribution is 6.01. The highest BCUT2D eigenvalue weighted by atomic mass is 16.7. The minimum atomic E-state index is -0.401. The summed E-state index contributed by atoms with van der Waals surface area (Å²) in [6, 6.07) is 0. The van der Waals surface area contributed by atoms with Crippen LogP contribution in [-0.2, 0) is 22.5 Å². The van der Waals surface area contributed by atoms with Crippen LogP contribution in [0, 0.1) is 0 Å². The van der Waals surface area contributed by atoms with Crippen molar-refractivity contribution < 1.29 is 28.5 Å². The summed E-state index contributed by atoms with van der Waals surface area (Å²) in [6.45, 7) is 1.53. The van der Waals surface area contributed by atoms with Gasteiger partial charge in [-0.15, -0.1) is 0 Å². The molecular formula is C18H22N2O6. The standard InChI is InChI=1S/C18H22N2O6/c1-20-6-5-10-11(8-19-17(21)12-4-3-7-24-12)14-16(26-9-25-14)15(23-2)13(10)18(20)22/h12H,3-9H2,1-2H3,(H,19,21)/t12-/m0/s1. The molecule has 3 aliphatic rings. The third-order valence-electron chi connectivity index (χ3n) is 5.11. The molecule has 8 nitrogen and oxygen atoms in total. The summed E-state index contributed by atoms with van der Waals surface area (Å²) in [5, 5.41) is 2.92. The summed E-state index contributed by atoms with van der Waals surface area (Å²) in [5.41, 5.74) is 2.12. The second-order valence-corrected chi connectivity index (χ2v) is 6.63. The number of fused-ring (bicyclic) bond motifs is 2. The van der Waals surface area contributed by atoms with Gasteiger partial charge in [0, 0.05) is 32.3 Å². The van der Waals surface area contributed by atoms with Crippen molar-refractivity contribution in [3.05, 3.63) is 16.7 Å². The van der Waals surface area contributed by atoms with Gasteiger partial charge in [0.15, 0.2) is 11.5 Å². The van der Waals surface area contributed by atoms with Gasteiger partial charge in [-0.1, -0.05) is 0 Å². The fourth-order valence-electron chi connectivity index (χ4n) is 3.74.